The molecule has 1 aliphatic heterocycles. The number of carbonyl (C=O) groups is 2. The van der Waals surface area contributed by atoms with Gasteiger partial charge in [0.2, 0.25) is 5.91 Å². The molecule has 0 spiro atoms. The molecule has 0 atom stereocenters. The van der Waals surface area contributed by atoms with Gasteiger partial charge in [0, 0.05) is 11.4 Å². The first-order chi connectivity index (χ1) is 15.6. The summed E-state index contributed by atoms with van der Waals surface area (Å²) in [5.74, 6) is -2.08. The zero-order valence-corrected chi connectivity index (χ0v) is 18.4. The first-order valence-electron chi connectivity index (χ1n) is 9.42. The van der Waals surface area contributed by atoms with Crippen LogP contribution in [0.5, 0.6) is 0 Å². The molecule has 0 saturated carbocycles. The lowest BCUT2D eigenvalue weighted by atomic mass is 10.2. The van der Waals surface area contributed by atoms with Crippen molar-refractivity contribution < 1.29 is 30.8 Å². The average molecular weight is 490 g/mol. The number of fused-ring (bicyclic) bond motifs is 1. The molecule has 170 valence electrons. The molecule has 3 aromatic rings. The van der Waals surface area contributed by atoms with Gasteiger partial charge in [0.15, 0.2) is 0 Å². The highest BCUT2D eigenvalue weighted by atomic mass is 32.2. The standard InChI is InChI=1S/C21H16FN3O6S2/c22-14-5-7-16(8-6-14)24-32(28,29)17-11-9-15(10-12-17)23-20(26)13-25-21(27)18-3-1-2-4-19(18)33(25,30)31/h1-12,24H,13H2,(H,23,26). The maximum atomic E-state index is 13.0. The van der Waals surface area contributed by atoms with E-state index in [4.69, 9.17) is 0 Å². The summed E-state index contributed by atoms with van der Waals surface area (Å²) in [7, 11) is -8.09. The molecule has 0 aliphatic carbocycles. The van der Waals surface area contributed by atoms with E-state index in [0.717, 1.165) is 12.1 Å². The van der Waals surface area contributed by atoms with Crippen molar-refractivity contribution in [2.75, 3.05) is 16.6 Å². The van der Waals surface area contributed by atoms with Crippen LogP contribution in [0.15, 0.2) is 82.6 Å². The second-order valence-electron chi connectivity index (χ2n) is 7.00. The number of amides is 2. The number of sulfonamides is 2. The van der Waals surface area contributed by atoms with Crippen LogP contribution in [0.2, 0.25) is 0 Å². The Kier molecular flexibility index (Phi) is 5.64. The van der Waals surface area contributed by atoms with Crippen molar-refractivity contribution in [3.8, 4) is 0 Å². The Balaban J connectivity index is 1.44. The fourth-order valence-corrected chi connectivity index (χ4v) is 5.75. The minimum Gasteiger partial charge on any atom is -0.325 e. The monoisotopic (exact) mass is 489 g/mol. The Morgan fingerprint density at radius 1 is 0.909 bits per heavy atom. The topological polar surface area (TPSA) is 130 Å². The molecule has 2 N–H and O–H groups in total. The van der Waals surface area contributed by atoms with Gasteiger partial charge in [0.05, 0.1) is 10.5 Å². The summed E-state index contributed by atoms with van der Waals surface area (Å²) < 4.78 is 65.8. The normalized spacial score (nSPS) is 14.6. The summed E-state index contributed by atoms with van der Waals surface area (Å²) in [5.41, 5.74) is 0.363. The molecule has 9 nitrogen and oxygen atoms in total. The molecule has 0 fully saturated rings. The fraction of sp³-hybridized carbons (Fsp3) is 0.0476. The number of rotatable bonds is 6. The number of anilines is 2. The molecule has 33 heavy (non-hydrogen) atoms. The number of nitrogens with zero attached hydrogens (tertiary/aromatic N) is 1. The van der Waals surface area contributed by atoms with E-state index >= 15 is 0 Å². The third kappa shape index (κ3) is 4.43. The molecule has 0 bridgehead atoms. The van der Waals surface area contributed by atoms with Gasteiger partial charge >= 0.3 is 0 Å². The number of hydrogen-bond acceptors (Lipinski definition) is 6. The molecule has 0 aromatic heterocycles. The zero-order valence-electron chi connectivity index (χ0n) is 16.7. The third-order valence-electron chi connectivity index (χ3n) is 4.74. The molecule has 2 amide bonds. The lowest BCUT2D eigenvalue weighted by molar-refractivity contribution is -0.116. The Labute approximate surface area is 189 Å². The van der Waals surface area contributed by atoms with Crippen molar-refractivity contribution in [3.63, 3.8) is 0 Å². The Bertz CT molecular complexity index is 1450. The van der Waals surface area contributed by atoms with Gasteiger partial charge < -0.3 is 5.32 Å². The Morgan fingerprint density at radius 2 is 1.52 bits per heavy atom. The smallest absolute Gasteiger partial charge is 0.269 e. The van der Waals surface area contributed by atoms with Crippen molar-refractivity contribution in [1.29, 1.82) is 0 Å². The molecule has 0 saturated heterocycles. The Hall–Kier alpha value is -3.77. The van der Waals surface area contributed by atoms with Crippen molar-refractivity contribution in [2.45, 2.75) is 9.79 Å². The van der Waals surface area contributed by atoms with Crippen molar-refractivity contribution in [3.05, 3.63) is 84.2 Å². The maximum Gasteiger partial charge on any atom is 0.269 e. The van der Waals surface area contributed by atoms with Gasteiger partial charge in [0.25, 0.3) is 26.0 Å². The van der Waals surface area contributed by atoms with Crippen LogP contribution in [0.1, 0.15) is 10.4 Å². The van der Waals surface area contributed by atoms with Gasteiger partial charge in [0.1, 0.15) is 17.3 Å². The second kappa shape index (κ2) is 8.30. The lowest BCUT2D eigenvalue weighted by Gasteiger charge is -2.15. The largest absolute Gasteiger partial charge is 0.325 e. The van der Waals surface area contributed by atoms with Gasteiger partial charge in [-0.05, 0) is 60.7 Å². The number of carbonyl (C=O) groups excluding carboxylic acids is 2. The van der Waals surface area contributed by atoms with Crippen LogP contribution in [0.25, 0.3) is 0 Å². The average Bonchev–Trinajstić information content (AvgIpc) is 2.96. The highest BCUT2D eigenvalue weighted by Gasteiger charge is 2.41. The van der Waals surface area contributed by atoms with Gasteiger partial charge in [-0.2, -0.15) is 0 Å². The number of benzene rings is 3. The predicted molar refractivity (Wildman–Crippen MR) is 117 cm³/mol. The SMILES string of the molecule is O=C(CN1C(=O)c2ccccc2S1(=O)=O)Nc1ccc(S(=O)(=O)Nc2ccc(F)cc2)cc1. The van der Waals surface area contributed by atoms with E-state index in [2.05, 4.69) is 10.0 Å². The molecular weight excluding hydrogens is 473 g/mol. The van der Waals surface area contributed by atoms with Crippen LogP contribution >= 0.6 is 0 Å². The third-order valence-corrected chi connectivity index (χ3v) is 7.93. The van der Waals surface area contributed by atoms with E-state index < -0.39 is 44.2 Å². The first-order valence-corrected chi connectivity index (χ1v) is 12.3. The molecular formula is C21H16FN3O6S2. The first kappa shape index (κ1) is 22.4. The summed E-state index contributed by atoms with van der Waals surface area (Å²) in [6.45, 7) is -0.734. The fourth-order valence-electron chi connectivity index (χ4n) is 3.17. The van der Waals surface area contributed by atoms with E-state index in [-0.39, 0.29) is 26.7 Å². The number of halogens is 1. The van der Waals surface area contributed by atoms with Crippen LogP contribution < -0.4 is 10.0 Å². The maximum absolute atomic E-state index is 13.0. The molecule has 3 aromatic carbocycles. The van der Waals surface area contributed by atoms with Crippen LogP contribution in [-0.4, -0.2) is 39.5 Å². The lowest BCUT2D eigenvalue weighted by Crippen LogP contribution is -2.37. The predicted octanol–water partition coefficient (Wildman–Crippen LogP) is 2.41. The van der Waals surface area contributed by atoms with E-state index in [9.17, 15) is 30.8 Å². The highest BCUT2D eigenvalue weighted by Crippen LogP contribution is 2.29. The quantitative estimate of drug-likeness (QED) is 0.547. The van der Waals surface area contributed by atoms with E-state index in [1.165, 1.54) is 60.7 Å². The number of nitrogens with one attached hydrogen (secondary N) is 2. The molecule has 4 rings (SSSR count). The van der Waals surface area contributed by atoms with Gasteiger partial charge in [-0.3, -0.25) is 14.3 Å². The highest BCUT2D eigenvalue weighted by molar-refractivity contribution is 7.92. The molecule has 12 heteroatoms. The molecule has 0 unspecified atom stereocenters. The minimum absolute atomic E-state index is 0.00601. The van der Waals surface area contributed by atoms with Crippen molar-refractivity contribution >= 4 is 43.2 Å². The summed E-state index contributed by atoms with van der Waals surface area (Å²) in [4.78, 5) is 24.5. The van der Waals surface area contributed by atoms with Crippen LogP contribution in [-0.2, 0) is 24.8 Å². The molecule has 1 heterocycles. The summed E-state index contributed by atoms with van der Waals surface area (Å²) in [5, 5.41) is 2.43. The number of hydrogen-bond donors (Lipinski definition) is 2. The van der Waals surface area contributed by atoms with Crippen LogP contribution in [0.3, 0.4) is 0 Å². The van der Waals surface area contributed by atoms with Gasteiger partial charge in [-0.15, -0.1) is 0 Å². The van der Waals surface area contributed by atoms with Gasteiger partial charge in [-0.25, -0.2) is 25.5 Å². The summed E-state index contributed by atoms with van der Waals surface area (Å²) in [6.07, 6.45) is 0. The van der Waals surface area contributed by atoms with Crippen LogP contribution in [0, 0.1) is 5.82 Å². The molecule has 0 radical (unpaired) electrons. The van der Waals surface area contributed by atoms with Crippen LogP contribution in [0.4, 0.5) is 15.8 Å². The minimum atomic E-state index is -4.13. The summed E-state index contributed by atoms with van der Waals surface area (Å²) in [6, 6.07) is 15.5. The molecule has 1 aliphatic rings. The Morgan fingerprint density at radius 3 is 2.15 bits per heavy atom. The second-order valence-corrected chi connectivity index (χ2v) is 10.5. The van der Waals surface area contributed by atoms with Crippen molar-refractivity contribution in [2.24, 2.45) is 0 Å². The van der Waals surface area contributed by atoms with E-state index in [0.29, 0.717) is 4.31 Å². The van der Waals surface area contributed by atoms with E-state index in [1.54, 1.807) is 0 Å². The zero-order chi connectivity index (χ0) is 23.8. The van der Waals surface area contributed by atoms with Crippen molar-refractivity contribution in [1.82, 2.24) is 4.31 Å². The van der Waals surface area contributed by atoms with Gasteiger partial charge in [-0.1, -0.05) is 12.1 Å². The summed E-state index contributed by atoms with van der Waals surface area (Å²) >= 11 is 0. The van der Waals surface area contributed by atoms with E-state index in [1.807, 2.05) is 0 Å².